The van der Waals surface area contributed by atoms with E-state index in [0.29, 0.717) is 25.7 Å². The number of aromatic nitrogens is 2. The highest BCUT2D eigenvalue weighted by Gasteiger charge is 2.31. The summed E-state index contributed by atoms with van der Waals surface area (Å²) in [4.78, 5) is 22.1. The Balaban J connectivity index is 1.47. The Morgan fingerprint density at radius 3 is 2.68 bits per heavy atom. The van der Waals surface area contributed by atoms with Crippen LogP contribution < -0.4 is 0 Å². The Hall–Kier alpha value is -1.44. The van der Waals surface area contributed by atoms with Crippen molar-refractivity contribution >= 4 is 5.91 Å². The van der Waals surface area contributed by atoms with Crippen LogP contribution in [-0.4, -0.2) is 77.9 Å². The molecule has 4 heterocycles. The molecule has 1 aromatic rings. The van der Waals surface area contributed by atoms with Crippen LogP contribution in [0.3, 0.4) is 0 Å². The average molecular weight is 348 g/mol. The Bertz CT molecular complexity index is 579. The minimum atomic E-state index is 0.110. The number of ether oxygens (including phenoxy) is 2. The number of fused-ring (bicyclic) bond motifs is 1. The summed E-state index contributed by atoms with van der Waals surface area (Å²) in [6, 6.07) is 0. The van der Waals surface area contributed by atoms with Gasteiger partial charge in [0.25, 0.3) is 0 Å². The molecule has 1 amide bonds. The van der Waals surface area contributed by atoms with Crippen molar-refractivity contribution in [3.63, 3.8) is 0 Å². The first kappa shape index (κ1) is 17.0. The van der Waals surface area contributed by atoms with Crippen molar-refractivity contribution < 1.29 is 14.3 Å². The minimum absolute atomic E-state index is 0.110. The van der Waals surface area contributed by atoms with Crippen molar-refractivity contribution in [2.24, 2.45) is 11.8 Å². The molecule has 138 valence electrons. The van der Waals surface area contributed by atoms with Gasteiger partial charge in [-0.3, -0.25) is 9.69 Å². The highest BCUT2D eigenvalue weighted by molar-refractivity contribution is 5.79. The van der Waals surface area contributed by atoms with Crippen molar-refractivity contribution in [1.29, 1.82) is 0 Å². The zero-order chi connectivity index (χ0) is 17.1. The quantitative estimate of drug-likeness (QED) is 0.801. The van der Waals surface area contributed by atoms with E-state index in [4.69, 9.17) is 9.47 Å². The fourth-order valence-electron chi connectivity index (χ4n) is 4.18. The maximum absolute atomic E-state index is 13.1. The molecular weight excluding hydrogens is 320 g/mol. The van der Waals surface area contributed by atoms with E-state index in [1.807, 2.05) is 17.3 Å². The molecule has 0 aliphatic carbocycles. The second kappa shape index (κ2) is 7.85. The summed E-state index contributed by atoms with van der Waals surface area (Å²) >= 11 is 0. The molecule has 7 nitrogen and oxygen atoms in total. The molecule has 1 atom stereocenters. The molecular formula is C18H28N4O3. The monoisotopic (exact) mass is 348 g/mol. The van der Waals surface area contributed by atoms with Crippen molar-refractivity contribution in [1.82, 2.24) is 19.4 Å². The van der Waals surface area contributed by atoms with Crippen LogP contribution >= 0.6 is 0 Å². The second-order valence-corrected chi connectivity index (χ2v) is 7.38. The fraction of sp³-hybridized carbons (Fsp3) is 0.778. The molecule has 3 aliphatic heterocycles. The summed E-state index contributed by atoms with van der Waals surface area (Å²) in [6.45, 7) is 8.40. The lowest BCUT2D eigenvalue weighted by molar-refractivity contribution is -0.140. The van der Waals surface area contributed by atoms with Crippen LogP contribution in [0.1, 0.15) is 18.7 Å². The predicted molar refractivity (Wildman–Crippen MR) is 91.9 cm³/mol. The summed E-state index contributed by atoms with van der Waals surface area (Å²) in [6.07, 6.45) is 5.59. The van der Waals surface area contributed by atoms with Crippen LogP contribution in [-0.2, 0) is 27.4 Å². The number of hydrogen-bond donors (Lipinski definition) is 0. The van der Waals surface area contributed by atoms with E-state index in [1.54, 1.807) is 0 Å². The van der Waals surface area contributed by atoms with Crippen molar-refractivity contribution in [3.05, 3.63) is 18.2 Å². The van der Waals surface area contributed by atoms with E-state index in [-0.39, 0.29) is 11.8 Å². The molecule has 7 heteroatoms. The van der Waals surface area contributed by atoms with E-state index < -0.39 is 0 Å². The summed E-state index contributed by atoms with van der Waals surface area (Å²) in [5, 5.41) is 0. The van der Waals surface area contributed by atoms with Gasteiger partial charge < -0.3 is 18.9 Å². The van der Waals surface area contributed by atoms with E-state index in [2.05, 4.69) is 14.5 Å². The maximum atomic E-state index is 13.1. The Morgan fingerprint density at radius 2 is 1.88 bits per heavy atom. The third-order valence-corrected chi connectivity index (χ3v) is 5.57. The van der Waals surface area contributed by atoms with Gasteiger partial charge in [0.15, 0.2) is 0 Å². The fourth-order valence-corrected chi connectivity index (χ4v) is 4.18. The van der Waals surface area contributed by atoms with Crippen LogP contribution in [0.5, 0.6) is 0 Å². The molecule has 0 spiro atoms. The first-order chi connectivity index (χ1) is 12.3. The van der Waals surface area contributed by atoms with Crippen LogP contribution in [0, 0.1) is 11.8 Å². The van der Waals surface area contributed by atoms with Crippen LogP contribution in [0.2, 0.25) is 0 Å². The van der Waals surface area contributed by atoms with Crippen molar-refractivity contribution in [3.8, 4) is 0 Å². The number of nitrogens with zero attached hydrogens (tertiary/aromatic N) is 4. The number of amides is 1. The zero-order valence-electron chi connectivity index (χ0n) is 14.8. The van der Waals surface area contributed by atoms with E-state index in [9.17, 15) is 4.79 Å². The van der Waals surface area contributed by atoms with Gasteiger partial charge in [-0.1, -0.05) is 0 Å². The van der Waals surface area contributed by atoms with Gasteiger partial charge in [0.05, 0.1) is 19.8 Å². The lowest BCUT2D eigenvalue weighted by atomic mass is 9.98. The second-order valence-electron chi connectivity index (χ2n) is 7.38. The molecule has 2 fully saturated rings. The number of carbonyl (C=O) groups is 1. The van der Waals surface area contributed by atoms with Gasteiger partial charge in [-0.15, -0.1) is 0 Å². The normalized spacial score (nSPS) is 26.2. The van der Waals surface area contributed by atoms with E-state index >= 15 is 0 Å². The number of morpholine rings is 1. The number of carbonyl (C=O) groups excluding carboxylic acids is 1. The topological polar surface area (TPSA) is 59.8 Å². The van der Waals surface area contributed by atoms with Gasteiger partial charge in [0.2, 0.25) is 5.91 Å². The van der Waals surface area contributed by atoms with Crippen LogP contribution in [0.4, 0.5) is 0 Å². The molecule has 1 aromatic heterocycles. The lowest BCUT2D eigenvalue weighted by Crippen LogP contribution is -2.44. The van der Waals surface area contributed by atoms with E-state index in [0.717, 1.165) is 64.6 Å². The van der Waals surface area contributed by atoms with Gasteiger partial charge >= 0.3 is 0 Å². The Labute approximate surface area is 148 Å². The van der Waals surface area contributed by atoms with Gasteiger partial charge in [0, 0.05) is 70.2 Å². The molecule has 0 N–H and O–H groups in total. The highest BCUT2D eigenvalue weighted by atomic mass is 16.5. The molecule has 0 bridgehead atoms. The van der Waals surface area contributed by atoms with Crippen molar-refractivity contribution in [2.45, 2.75) is 25.9 Å². The zero-order valence-corrected chi connectivity index (χ0v) is 14.8. The molecule has 1 unspecified atom stereocenters. The summed E-state index contributed by atoms with van der Waals surface area (Å²) < 4.78 is 13.1. The van der Waals surface area contributed by atoms with Gasteiger partial charge in [-0.05, 0) is 12.8 Å². The minimum Gasteiger partial charge on any atom is -0.381 e. The number of imidazole rings is 1. The highest BCUT2D eigenvalue weighted by Crippen LogP contribution is 2.23. The molecule has 0 saturated carbocycles. The van der Waals surface area contributed by atoms with Crippen LogP contribution in [0.25, 0.3) is 0 Å². The molecule has 0 aromatic carbocycles. The number of hydrogen-bond acceptors (Lipinski definition) is 5. The first-order valence-electron chi connectivity index (χ1n) is 9.46. The largest absolute Gasteiger partial charge is 0.381 e. The summed E-state index contributed by atoms with van der Waals surface area (Å²) in [5.41, 5.74) is 0. The lowest BCUT2D eigenvalue weighted by Gasteiger charge is -2.33. The third-order valence-electron chi connectivity index (χ3n) is 5.57. The summed E-state index contributed by atoms with van der Waals surface area (Å²) in [5.74, 6) is 1.83. The maximum Gasteiger partial charge on any atom is 0.226 e. The van der Waals surface area contributed by atoms with Crippen molar-refractivity contribution in [2.75, 3.05) is 52.6 Å². The molecule has 4 rings (SSSR count). The first-order valence-corrected chi connectivity index (χ1v) is 9.46. The van der Waals surface area contributed by atoms with E-state index in [1.165, 1.54) is 0 Å². The standard InChI is InChI=1S/C18H28N4O3/c23-18(16-1-7-24-8-2-16)22-13-15(11-20-5-9-25-10-6-20)12-21-4-3-19-17(21)14-22/h3-4,15-16H,1-2,5-14H2. The van der Waals surface area contributed by atoms with Crippen LogP contribution in [0.15, 0.2) is 12.4 Å². The Kier molecular flexibility index (Phi) is 5.33. The number of rotatable bonds is 3. The van der Waals surface area contributed by atoms with Gasteiger partial charge in [0.1, 0.15) is 5.82 Å². The molecule has 25 heavy (non-hydrogen) atoms. The summed E-state index contributed by atoms with van der Waals surface area (Å²) in [7, 11) is 0. The predicted octanol–water partition coefficient (Wildman–Crippen LogP) is 0.600. The molecule has 2 saturated heterocycles. The smallest absolute Gasteiger partial charge is 0.226 e. The molecule has 0 radical (unpaired) electrons. The third kappa shape index (κ3) is 4.04. The molecule has 3 aliphatic rings. The van der Waals surface area contributed by atoms with Gasteiger partial charge in [-0.25, -0.2) is 4.98 Å². The van der Waals surface area contributed by atoms with Gasteiger partial charge in [-0.2, -0.15) is 0 Å². The SMILES string of the molecule is O=C(C1CCOCC1)N1Cc2nccn2CC(CN2CCOCC2)C1. The Morgan fingerprint density at radius 1 is 1.12 bits per heavy atom. The average Bonchev–Trinajstić information content (AvgIpc) is 3.01.